The van der Waals surface area contributed by atoms with Crippen molar-refractivity contribution in [2.45, 2.75) is 89.9 Å². The molecule has 0 heterocycles. The molecule has 0 aromatic heterocycles. The summed E-state index contributed by atoms with van der Waals surface area (Å²) in [6, 6.07) is -0.658. The van der Waals surface area contributed by atoms with Gasteiger partial charge in [-0.2, -0.15) is 0 Å². The topological polar surface area (TPSA) is 113 Å². The Morgan fingerprint density at radius 2 is 1.12 bits per heavy atom. The van der Waals surface area contributed by atoms with Gasteiger partial charge < -0.3 is 10.4 Å². The minimum atomic E-state index is -3.48. The number of aliphatic carboxylic acids is 1. The summed E-state index contributed by atoms with van der Waals surface area (Å²) >= 11 is 0. The van der Waals surface area contributed by atoms with Gasteiger partial charge in [0.05, 0.1) is 6.26 Å². The van der Waals surface area contributed by atoms with Gasteiger partial charge in [-0.15, -0.1) is 0 Å². The summed E-state index contributed by atoms with van der Waals surface area (Å²) in [5.74, 6) is -0.696. The van der Waals surface area contributed by atoms with Gasteiger partial charge in [-0.1, -0.05) is 70.6 Å². The number of carbonyl (C=O) groups excluding carboxylic acids is 1. The Balaban J connectivity index is 3.18. The Kier molecular flexibility index (Phi) is 15.1. The number of amides is 2. The molecule has 0 bridgehead atoms. The van der Waals surface area contributed by atoms with E-state index in [4.69, 9.17) is 5.11 Å². The molecule has 0 fully saturated rings. The monoisotopic (exact) mass is 392 g/mol. The van der Waals surface area contributed by atoms with Gasteiger partial charge in [0.15, 0.2) is 0 Å². The largest absolute Gasteiger partial charge is 0.481 e. The molecule has 0 atom stereocenters. The van der Waals surface area contributed by atoms with Crippen LogP contribution in [0.15, 0.2) is 0 Å². The number of rotatable bonds is 17. The van der Waals surface area contributed by atoms with E-state index in [1.54, 1.807) is 0 Å². The quantitative estimate of drug-likeness (QED) is 0.326. The summed E-state index contributed by atoms with van der Waals surface area (Å²) in [7, 11) is -3.48. The predicted molar refractivity (Wildman–Crippen MR) is 104 cm³/mol. The van der Waals surface area contributed by atoms with Crippen molar-refractivity contribution in [1.82, 2.24) is 10.0 Å². The number of carbonyl (C=O) groups is 2. The highest BCUT2D eigenvalue weighted by Crippen LogP contribution is 2.12. The first-order chi connectivity index (χ1) is 12.3. The molecule has 0 unspecified atom stereocenters. The molecule has 154 valence electrons. The third-order valence-corrected chi connectivity index (χ3v) is 4.69. The van der Waals surface area contributed by atoms with Crippen LogP contribution in [0.25, 0.3) is 0 Å². The fraction of sp³-hybridized carbons (Fsp3) is 0.889. The normalized spacial score (nSPS) is 11.3. The van der Waals surface area contributed by atoms with Crippen LogP contribution in [0.5, 0.6) is 0 Å². The number of unbranched alkanes of at least 4 members (excludes halogenated alkanes) is 12. The van der Waals surface area contributed by atoms with Gasteiger partial charge in [0, 0.05) is 13.0 Å². The fourth-order valence-electron chi connectivity index (χ4n) is 2.75. The lowest BCUT2D eigenvalue weighted by Crippen LogP contribution is -2.39. The highest BCUT2D eigenvalue weighted by molar-refractivity contribution is 7.89. The molecule has 0 spiro atoms. The molecule has 0 aromatic carbocycles. The average Bonchev–Trinajstić information content (AvgIpc) is 2.52. The zero-order chi connectivity index (χ0) is 19.7. The minimum Gasteiger partial charge on any atom is -0.481 e. The second-order valence-corrected chi connectivity index (χ2v) is 8.62. The van der Waals surface area contributed by atoms with Crippen molar-refractivity contribution >= 4 is 22.0 Å². The minimum absolute atomic E-state index is 0.296. The molecular formula is C18H36N2O5S. The molecule has 3 N–H and O–H groups in total. The van der Waals surface area contributed by atoms with Crippen LogP contribution in [0.1, 0.15) is 89.9 Å². The Bertz CT molecular complexity index is 480. The second-order valence-electron chi connectivity index (χ2n) is 6.87. The fourth-order valence-corrected chi connectivity index (χ4v) is 3.16. The van der Waals surface area contributed by atoms with Gasteiger partial charge in [0.1, 0.15) is 0 Å². The van der Waals surface area contributed by atoms with E-state index in [9.17, 15) is 18.0 Å². The van der Waals surface area contributed by atoms with E-state index >= 15 is 0 Å². The Labute approximate surface area is 158 Å². The van der Waals surface area contributed by atoms with Crippen molar-refractivity contribution in [3.8, 4) is 0 Å². The molecule has 0 radical (unpaired) electrons. The van der Waals surface area contributed by atoms with E-state index < -0.39 is 22.0 Å². The maximum Gasteiger partial charge on any atom is 0.328 e. The third kappa shape index (κ3) is 20.7. The average molecular weight is 393 g/mol. The zero-order valence-electron chi connectivity index (χ0n) is 16.1. The molecule has 0 aromatic rings. The Hall–Kier alpha value is -1.31. The van der Waals surface area contributed by atoms with E-state index in [1.807, 2.05) is 4.72 Å². The van der Waals surface area contributed by atoms with Crippen molar-refractivity contribution in [3.05, 3.63) is 0 Å². The molecule has 0 rings (SSSR count). The molecule has 0 aliphatic carbocycles. The summed E-state index contributed by atoms with van der Waals surface area (Å²) in [5, 5.41) is 11.1. The van der Waals surface area contributed by atoms with Crippen LogP contribution in [0, 0.1) is 0 Å². The summed E-state index contributed by atoms with van der Waals surface area (Å²) < 4.78 is 23.5. The summed E-state index contributed by atoms with van der Waals surface area (Å²) in [6.45, 7) is 0.494. The number of nitrogens with one attached hydrogen (secondary N) is 2. The zero-order valence-corrected chi connectivity index (χ0v) is 16.9. The van der Waals surface area contributed by atoms with Crippen LogP contribution in [-0.2, 0) is 14.8 Å². The molecule has 0 aliphatic heterocycles. The van der Waals surface area contributed by atoms with E-state index in [1.165, 1.54) is 44.9 Å². The second kappa shape index (κ2) is 15.9. The highest BCUT2D eigenvalue weighted by Gasteiger charge is 2.06. The predicted octanol–water partition coefficient (Wildman–Crippen LogP) is 3.79. The summed E-state index contributed by atoms with van der Waals surface area (Å²) in [4.78, 5) is 21.6. The van der Waals surface area contributed by atoms with Crippen LogP contribution in [0.4, 0.5) is 4.79 Å². The lowest BCUT2D eigenvalue weighted by Gasteiger charge is -2.06. The first-order valence-electron chi connectivity index (χ1n) is 9.78. The molecule has 0 aliphatic rings. The summed E-state index contributed by atoms with van der Waals surface area (Å²) in [6.07, 6.45) is 15.9. The molecule has 26 heavy (non-hydrogen) atoms. The van der Waals surface area contributed by atoms with E-state index in [2.05, 4.69) is 5.32 Å². The summed E-state index contributed by atoms with van der Waals surface area (Å²) in [5.41, 5.74) is 0. The molecule has 8 heteroatoms. The van der Waals surface area contributed by atoms with Crippen molar-refractivity contribution in [2.24, 2.45) is 0 Å². The third-order valence-electron chi connectivity index (χ3n) is 4.13. The lowest BCUT2D eigenvalue weighted by molar-refractivity contribution is -0.137. The van der Waals surface area contributed by atoms with Gasteiger partial charge in [0.2, 0.25) is 10.0 Å². The maximum absolute atomic E-state index is 11.2. The van der Waals surface area contributed by atoms with Crippen molar-refractivity contribution in [3.63, 3.8) is 0 Å². The smallest absolute Gasteiger partial charge is 0.328 e. The Morgan fingerprint density at radius 3 is 1.50 bits per heavy atom. The standard InChI is InChI=1S/C18H36N2O5S/c1-26(24,25)20-18(23)19-16-14-12-10-8-6-4-2-3-5-7-9-11-13-15-17(21)22/h2-16H2,1H3,(H,21,22)(H2,19,20,23). The Morgan fingerprint density at radius 1 is 0.731 bits per heavy atom. The highest BCUT2D eigenvalue weighted by atomic mass is 32.2. The number of urea groups is 1. The molecular weight excluding hydrogens is 356 g/mol. The van der Waals surface area contributed by atoms with Crippen LogP contribution >= 0.6 is 0 Å². The number of hydrogen-bond acceptors (Lipinski definition) is 4. The van der Waals surface area contributed by atoms with Crippen LogP contribution in [0.2, 0.25) is 0 Å². The lowest BCUT2D eigenvalue weighted by atomic mass is 10.0. The van der Waals surface area contributed by atoms with Gasteiger partial charge in [-0.25, -0.2) is 17.9 Å². The SMILES string of the molecule is CS(=O)(=O)NC(=O)NCCCCCCCCCCCCCCCC(=O)O. The molecule has 7 nitrogen and oxygen atoms in total. The maximum atomic E-state index is 11.2. The number of sulfonamides is 1. The van der Waals surface area contributed by atoms with Crippen LogP contribution < -0.4 is 10.0 Å². The van der Waals surface area contributed by atoms with E-state index in [0.29, 0.717) is 13.0 Å². The van der Waals surface area contributed by atoms with Gasteiger partial charge >= 0.3 is 12.0 Å². The van der Waals surface area contributed by atoms with Gasteiger partial charge in [0.25, 0.3) is 0 Å². The van der Waals surface area contributed by atoms with Crippen molar-refractivity contribution in [2.75, 3.05) is 12.8 Å². The molecule has 0 saturated carbocycles. The van der Waals surface area contributed by atoms with Crippen LogP contribution in [-0.4, -0.2) is 38.3 Å². The van der Waals surface area contributed by atoms with Gasteiger partial charge in [-0.05, 0) is 12.8 Å². The number of carboxylic acid groups (broad SMARTS) is 1. The van der Waals surface area contributed by atoms with Crippen LogP contribution in [0.3, 0.4) is 0 Å². The first-order valence-corrected chi connectivity index (χ1v) is 11.7. The van der Waals surface area contributed by atoms with Crippen molar-refractivity contribution in [1.29, 1.82) is 0 Å². The van der Waals surface area contributed by atoms with E-state index in [0.717, 1.165) is 44.8 Å². The number of carboxylic acids is 1. The molecule has 2 amide bonds. The number of hydrogen-bond donors (Lipinski definition) is 3. The molecule has 0 saturated heterocycles. The van der Waals surface area contributed by atoms with Crippen molar-refractivity contribution < 1.29 is 23.1 Å². The van der Waals surface area contributed by atoms with Gasteiger partial charge in [-0.3, -0.25) is 4.79 Å². The first kappa shape index (κ1) is 24.7. The van der Waals surface area contributed by atoms with E-state index in [-0.39, 0.29) is 0 Å².